The number of hydrogen-bond donors (Lipinski definition) is 1. The summed E-state index contributed by atoms with van der Waals surface area (Å²) in [5, 5.41) is 3.58. The monoisotopic (exact) mass is 262 g/mol. The number of nitrogens with one attached hydrogen (secondary N) is 1. The van der Waals surface area contributed by atoms with Gasteiger partial charge in [-0.05, 0) is 50.6 Å². The zero-order valence-electron chi connectivity index (χ0n) is 12.4. The first-order chi connectivity index (χ1) is 9.20. The minimum Gasteiger partial charge on any atom is -0.496 e. The van der Waals surface area contributed by atoms with Gasteiger partial charge in [0.15, 0.2) is 0 Å². The fourth-order valence-corrected chi connectivity index (χ4v) is 2.84. The van der Waals surface area contributed by atoms with Gasteiger partial charge in [-0.1, -0.05) is 18.6 Å². The van der Waals surface area contributed by atoms with Gasteiger partial charge >= 0.3 is 0 Å². The van der Waals surface area contributed by atoms with Crippen molar-refractivity contribution < 1.29 is 4.74 Å². The highest BCUT2D eigenvalue weighted by Gasteiger charge is 2.17. The predicted molar refractivity (Wildman–Crippen MR) is 79.7 cm³/mol. The summed E-state index contributed by atoms with van der Waals surface area (Å²) in [6, 6.07) is 7.10. The second kappa shape index (κ2) is 6.92. The Morgan fingerprint density at radius 3 is 2.89 bits per heavy atom. The SMILES string of the molecule is COc1ccc(CNCC2CCCCN2C)cc1C. The van der Waals surface area contributed by atoms with Gasteiger partial charge in [-0.25, -0.2) is 0 Å². The highest BCUT2D eigenvalue weighted by molar-refractivity contribution is 5.36. The molecular weight excluding hydrogens is 236 g/mol. The first-order valence-corrected chi connectivity index (χ1v) is 7.25. The largest absolute Gasteiger partial charge is 0.496 e. The van der Waals surface area contributed by atoms with E-state index in [2.05, 4.69) is 42.4 Å². The summed E-state index contributed by atoms with van der Waals surface area (Å²) in [4.78, 5) is 2.48. The molecule has 1 aromatic carbocycles. The van der Waals surface area contributed by atoms with Crippen molar-refractivity contribution in [3.05, 3.63) is 29.3 Å². The fraction of sp³-hybridized carbons (Fsp3) is 0.625. The van der Waals surface area contributed by atoms with Gasteiger partial charge in [-0.15, -0.1) is 0 Å². The van der Waals surface area contributed by atoms with Crippen molar-refractivity contribution in [3.63, 3.8) is 0 Å². The summed E-state index contributed by atoms with van der Waals surface area (Å²) in [5.74, 6) is 0.968. The normalized spacial score (nSPS) is 20.5. The lowest BCUT2D eigenvalue weighted by Gasteiger charge is -2.32. The van der Waals surface area contributed by atoms with Crippen molar-refractivity contribution >= 4 is 0 Å². The fourth-order valence-electron chi connectivity index (χ4n) is 2.84. The molecule has 0 aliphatic carbocycles. The molecule has 1 aliphatic rings. The average Bonchev–Trinajstić information content (AvgIpc) is 2.41. The number of methoxy groups -OCH3 is 1. The lowest BCUT2D eigenvalue weighted by atomic mass is 10.0. The Balaban J connectivity index is 1.80. The predicted octanol–water partition coefficient (Wildman–Crippen LogP) is 2.58. The highest BCUT2D eigenvalue weighted by atomic mass is 16.5. The van der Waals surface area contributed by atoms with Gasteiger partial charge in [-0.3, -0.25) is 0 Å². The number of likely N-dealkylation sites (tertiary alicyclic amines) is 1. The summed E-state index contributed by atoms with van der Waals surface area (Å²) < 4.78 is 5.29. The topological polar surface area (TPSA) is 24.5 Å². The number of likely N-dealkylation sites (N-methyl/N-ethyl adjacent to an activating group) is 1. The van der Waals surface area contributed by atoms with Crippen LogP contribution in [0.5, 0.6) is 5.75 Å². The van der Waals surface area contributed by atoms with Crippen LogP contribution in [-0.2, 0) is 6.54 Å². The van der Waals surface area contributed by atoms with Crippen molar-refractivity contribution in [2.75, 3.05) is 27.2 Å². The van der Waals surface area contributed by atoms with E-state index in [-0.39, 0.29) is 0 Å². The first-order valence-electron chi connectivity index (χ1n) is 7.25. The molecule has 1 atom stereocenters. The number of piperidine rings is 1. The molecule has 1 saturated heterocycles. The Bertz CT molecular complexity index is 406. The van der Waals surface area contributed by atoms with Crippen LogP contribution in [0.4, 0.5) is 0 Å². The number of ether oxygens (including phenoxy) is 1. The van der Waals surface area contributed by atoms with Gasteiger partial charge < -0.3 is 15.0 Å². The molecule has 1 unspecified atom stereocenters. The standard InChI is InChI=1S/C16H26N2O/c1-13-10-14(7-8-16(13)19-3)11-17-12-15-6-4-5-9-18(15)2/h7-8,10,15,17H,4-6,9,11-12H2,1-3H3. The Labute approximate surface area is 116 Å². The minimum atomic E-state index is 0.702. The van der Waals surface area contributed by atoms with E-state index in [4.69, 9.17) is 4.74 Å². The molecule has 3 nitrogen and oxygen atoms in total. The molecule has 106 valence electrons. The third-order valence-electron chi connectivity index (χ3n) is 4.09. The van der Waals surface area contributed by atoms with Gasteiger partial charge in [0.1, 0.15) is 5.75 Å². The Hall–Kier alpha value is -1.06. The van der Waals surface area contributed by atoms with Gasteiger partial charge in [0, 0.05) is 19.1 Å². The van der Waals surface area contributed by atoms with Crippen LogP contribution >= 0.6 is 0 Å². The van der Waals surface area contributed by atoms with Crippen LogP contribution in [0.15, 0.2) is 18.2 Å². The van der Waals surface area contributed by atoms with Crippen LogP contribution in [0.1, 0.15) is 30.4 Å². The highest BCUT2D eigenvalue weighted by Crippen LogP contribution is 2.18. The lowest BCUT2D eigenvalue weighted by Crippen LogP contribution is -2.42. The third kappa shape index (κ3) is 3.95. The molecule has 19 heavy (non-hydrogen) atoms. The van der Waals surface area contributed by atoms with Crippen LogP contribution in [0, 0.1) is 6.92 Å². The maximum Gasteiger partial charge on any atom is 0.121 e. The molecule has 3 heteroatoms. The second-order valence-electron chi connectivity index (χ2n) is 5.57. The number of nitrogens with zero attached hydrogens (tertiary/aromatic N) is 1. The summed E-state index contributed by atoms with van der Waals surface area (Å²) in [5.41, 5.74) is 2.54. The minimum absolute atomic E-state index is 0.702. The molecule has 2 rings (SSSR count). The van der Waals surface area contributed by atoms with E-state index < -0.39 is 0 Å². The smallest absolute Gasteiger partial charge is 0.121 e. The van der Waals surface area contributed by atoms with E-state index in [9.17, 15) is 0 Å². The Morgan fingerprint density at radius 1 is 1.37 bits per heavy atom. The maximum absolute atomic E-state index is 5.29. The molecule has 0 amide bonds. The molecule has 1 fully saturated rings. The van der Waals surface area contributed by atoms with E-state index in [1.165, 1.54) is 36.9 Å². The van der Waals surface area contributed by atoms with Crippen LogP contribution in [0.3, 0.4) is 0 Å². The second-order valence-corrected chi connectivity index (χ2v) is 5.57. The van der Waals surface area contributed by atoms with Crippen molar-refractivity contribution in [2.45, 2.75) is 38.8 Å². The zero-order chi connectivity index (χ0) is 13.7. The zero-order valence-corrected chi connectivity index (χ0v) is 12.4. The quantitative estimate of drug-likeness (QED) is 0.882. The van der Waals surface area contributed by atoms with Crippen LogP contribution in [-0.4, -0.2) is 38.2 Å². The van der Waals surface area contributed by atoms with E-state index in [0.29, 0.717) is 6.04 Å². The third-order valence-corrected chi connectivity index (χ3v) is 4.09. The van der Waals surface area contributed by atoms with Crippen molar-refractivity contribution in [2.24, 2.45) is 0 Å². The molecule has 0 radical (unpaired) electrons. The van der Waals surface area contributed by atoms with Gasteiger partial charge in [0.25, 0.3) is 0 Å². The van der Waals surface area contributed by atoms with Crippen LogP contribution < -0.4 is 10.1 Å². The molecule has 0 bridgehead atoms. The van der Waals surface area contributed by atoms with E-state index >= 15 is 0 Å². The average molecular weight is 262 g/mol. The Morgan fingerprint density at radius 2 is 2.21 bits per heavy atom. The van der Waals surface area contributed by atoms with Gasteiger partial charge in [-0.2, -0.15) is 0 Å². The number of benzene rings is 1. The van der Waals surface area contributed by atoms with E-state index in [1.54, 1.807) is 7.11 Å². The van der Waals surface area contributed by atoms with Crippen molar-refractivity contribution in [3.8, 4) is 5.75 Å². The summed E-state index contributed by atoms with van der Waals surface area (Å²) in [6.07, 6.45) is 4.05. The first kappa shape index (κ1) is 14.4. The van der Waals surface area contributed by atoms with Crippen LogP contribution in [0.2, 0.25) is 0 Å². The van der Waals surface area contributed by atoms with Crippen molar-refractivity contribution in [1.29, 1.82) is 0 Å². The lowest BCUT2D eigenvalue weighted by molar-refractivity contribution is 0.181. The van der Waals surface area contributed by atoms with E-state index in [1.807, 2.05) is 0 Å². The molecule has 0 spiro atoms. The summed E-state index contributed by atoms with van der Waals surface area (Å²) >= 11 is 0. The molecule has 1 aromatic rings. The van der Waals surface area contributed by atoms with Gasteiger partial charge in [0.2, 0.25) is 0 Å². The number of hydrogen-bond acceptors (Lipinski definition) is 3. The molecule has 1 aliphatic heterocycles. The van der Waals surface area contributed by atoms with Crippen molar-refractivity contribution in [1.82, 2.24) is 10.2 Å². The molecule has 1 heterocycles. The number of rotatable bonds is 5. The van der Waals surface area contributed by atoms with E-state index in [0.717, 1.165) is 18.8 Å². The molecule has 0 saturated carbocycles. The van der Waals surface area contributed by atoms with Gasteiger partial charge in [0.05, 0.1) is 7.11 Å². The summed E-state index contributed by atoms with van der Waals surface area (Å²) in [6.45, 7) is 5.36. The maximum atomic E-state index is 5.29. The summed E-state index contributed by atoms with van der Waals surface area (Å²) in [7, 11) is 3.96. The van der Waals surface area contributed by atoms with Crippen LogP contribution in [0.25, 0.3) is 0 Å². The molecule has 1 N–H and O–H groups in total. The number of aryl methyl sites for hydroxylation is 1. The molecular formula is C16H26N2O. The molecule has 0 aromatic heterocycles. The Kier molecular flexibility index (Phi) is 5.23.